The van der Waals surface area contributed by atoms with E-state index in [0.717, 1.165) is 31.6 Å². The van der Waals surface area contributed by atoms with Crippen molar-refractivity contribution in [2.45, 2.75) is 20.4 Å². The molecule has 0 saturated heterocycles. The Kier molecular flexibility index (Phi) is 4.66. The van der Waals surface area contributed by atoms with E-state index in [4.69, 9.17) is 0 Å². The topological polar surface area (TPSA) is 46.9 Å². The van der Waals surface area contributed by atoms with Crippen molar-refractivity contribution in [2.75, 3.05) is 6.54 Å². The van der Waals surface area contributed by atoms with Crippen LogP contribution < -0.4 is 5.32 Å². The van der Waals surface area contributed by atoms with Gasteiger partial charge in [0.05, 0.1) is 16.6 Å². The number of aryl methyl sites for hydroxylation is 2. The van der Waals surface area contributed by atoms with Crippen LogP contribution in [0.1, 0.15) is 21.7 Å². The third kappa shape index (κ3) is 3.24. The lowest BCUT2D eigenvalue weighted by Crippen LogP contribution is -2.28. The third-order valence-electron chi connectivity index (χ3n) is 3.90. The van der Waals surface area contributed by atoms with Crippen LogP contribution in [0.25, 0.3) is 11.0 Å². The van der Waals surface area contributed by atoms with Gasteiger partial charge < -0.3 is 9.88 Å². The Hall–Kier alpha value is -1.89. The zero-order chi connectivity index (χ0) is 16.4. The Balaban J connectivity index is 1.70. The molecule has 3 aromatic rings. The highest BCUT2D eigenvalue weighted by atomic mass is 127. The van der Waals surface area contributed by atoms with Gasteiger partial charge in [0.1, 0.15) is 5.82 Å². The molecule has 4 nitrogen and oxygen atoms in total. The van der Waals surface area contributed by atoms with Crippen molar-refractivity contribution >= 4 is 39.5 Å². The number of imidazole rings is 1. The molecule has 23 heavy (non-hydrogen) atoms. The number of aromatic nitrogens is 2. The highest BCUT2D eigenvalue weighted by Crippen LogP contribution is 2.17. The summed E-state index contributed by atoms with van der Waals surface area (Å²) < 4.78 is 3.14. The van der Waals surface area contributed by atoms with E-state index in [1.807, 2.05) is 50.2 Å². The van der Waals surface area contributed by atoms with Crippen LogP contribution in [0.2, 0.25) is 0 Å². The number of halogens is 1. The number of carbonyl (C=O) groups excluding carboxylic acids is 1. The number of rotatable bonds is 4. The minimum Gasteiger partial charge on any atom is -0.350 e. The first-order valence-corrected chi connectivity index (χ1v) is 8.61. The molecule has 0 fully saturated rings. The summed E-state index contributed by atoms with van der Waals surface area (Å²) in [6.45, 7) is 5.29. The van der Waals surface area contributed by atoms with Crippen molar-refractivity contribution in [3.63, 3.8) is 0 Å². The number of para-hydroxylation sites is 2. The normalized spacial score (nSPS) is 10.9. The molecule has 1 aromatic heterocycles. The molecule has 0 aliphatic rings. The number of benzene rings is 2. The molecule has 3 rings (SSSR count). The molecular formula is C18H18IN3O. The average Bonchev–Trinajstić information content (AvgIpc) is 2.86. The summed E-state index contributed by atoms with van der Waals surface area (Å²) in [6, 6.07) is 13.9. The largest absolute Gasteiger partial charge is 0.350 e. The zero-order valence-electron chi connectivity index (χ0n) is 13.1. The SMILES string of the molecule is Cc1cccc(C(=O)NCCn2c(C)nc3ccccc32)c1I. The van der Waals surface area contributed by atoms with Crippen LogP contribution in [-0.2, 0) is 6.54 Å². The Morgan fingerprint density at radius 1 is 1.17 bits per heavy atom. The van der Waals surface area contributed by atoms with Gasteiger partial charge in [-0.2, -0.15) is 0 Å². The molecule has 0 bridgehead atoms. The van der Waals surface area contributed by atoms with Crippen LogP contribution in [-0.4, -0.2) is 22.0 Å². The van der Waals surface area contributed by atoms with Crippen molar-refractivity contribution in [1.29, 1.82) is 0 Å². The van der Waals surface area contributed by atoms with E-state index in [0.29, 0.717) is 13.1 Å². The van der Waals surface area contributed by atoms with E-state index in [1.54, 1.807) is 0 Å². The van der Waals surface area contributed by atoms with Gasteiger partial charge in [0, 0.05) is 16.7 Å². The first-order valence-electron chi connectivity index (χ1n) is 7.53. The lowest BCUT2D eigenvalue weighted by molar-refractivity contribution is 0.0951. The Bertz CT molecular complexity index is 870. The maximum absolute atomic E-state index is 12.4. The standard InChI is InChI=1S/C18H18IN3O/c1-12-6-5-7-14(17(12)19)18(23)20-10-11-22-13(2)21-15-8-3-4-9-16(15)22/h3-9H,10-11H2,1-2H3,(H,20,23). The van der Waals surface area contributed by atoms with E-state index in [1.165, 1.54) is 0 Å². The van der Waals surface area contributed by atoms with Crippen LogP contribution in [0.15, 0.2) is 42.5 Å². The van der Waals surface area contributed by atoms with Crippen LogP contribution in [0, 0.1) is 17.4 Å². The van der Waals surface area contributed by atoms with Crippen LogP contribution in [0.5, 0.6) is 0 Å². The van der Waals surface area contributed by atoms with Gasteiger partial charge in [-0.05, 0) is 60.2 Å². The van der Waals surface area contributed by atoms with Gasteiger partial charge in [-0.15, -0.1) is 0 Å². The second-order valence-corrected chi connectivity index (χ2v) is 6.57. The third-order valence-corrected chi connectivity index (χ3v) is 5.33. The number of nitrogens with one attached hydrogen (secondary N) is 1. The van der Waals surface area contributed by atoms with E-state index in [9.17, 15) is 4.79 Å². The van der Waals surface area contributed by atoms with Gasteiger partial charge in [-0.25, -0.2) is 4.98 Å². The second-order valence-electron chi connectivity index (χ2n) is 5.49. The summed E-state index contributed by atoms with van der Waals surface area (Å²) in [4.78, 5) is 16.9. The molecule has 1 amide bonds. The Morgan fingerprint density at radius 2 is 1.96 bits per heavy atom. The Morgan fingerprint density at radius 3 is 2.78 bits per heavy atom. The first kappa shape index (κ1) is 16.0. The smallest absolute Gasteiger partial charge is 0.252 e. The van der Waals surface area contributed by atoms with Crippen molar-refractivity contribution in [2.24, 2.45) is 0 Å². The number of carbonyl (C=O) groups is 1. The molecular weight excluding hydrogens is 401 g/mol. The van der Waals surface area contributed by atoms with Crippen molar-refractivity contribution in [1.82, 2.24) is 14.9 Å². The van der Waals surface area contributed by atoms with Crippen LogP contribution in [0.3, 0.4) is 0 Å². The highest BCUT2D eigenvalue weighted by molar-refractivity contribution is 14.1. The summed E-state index contributed by atoms with van der Waals surface area (Å²) in [5.41, 5.74) is 3.95. The van der Waals surface area contributed by atoms with Crippen LogP contribution >= 0.6 is 22.6 Å². The number of hydrogen-bond acceptors (Lipinski definition) is 2. The molecule has 0 unspecified atom stereocenters. The van der Waals surface area contributed by atoms with Crippen LogP contribution in [0.4, 0.5) is 0 Å². The fourth-order valence-corrected chi connectivity index (χ4v) is 3.28. The molecule has 0 spiro atoms. The maximum atomic E-state index is 12.4. The predicted molar refractivity (Wildman–Crippen MR) is 101 cm³/mol. The summed E-state index contributed by atoms with van der Waals surface area (Å²) in [5, 5.41) is 3.00. The quantitative estimate of drug-likeness (QED) is 0.656. The van der Waals surface area contributed by atoms with E-state index in [2.05, 4.69) is 43.5 Å². The number of amides is 1. The molecule has 0 aliphatic carbocycles. The van der Waals surface area contributed by atoms with Gasteiger partial charge in [-0.3, -0.25) is 4.79 Å². The second kappa shape index (κ2) is 6.70. The molecule has 5 heteroatoms. The molecule has 118 valence electrons. The summed E-state index contributed by atoms with van der Waals surface area (Å²) in [7, 11) is 0. The first-order chi connectivity index (χ1) is 11.1. The highest BCUT2D eigenvalue weighted by Gasteiger charge is 2.11. The van der Waals surface area contributed by atoms with Gasteiger partial charge in [0.25, 0.3) is 5.91 Å². The van der Waals surface area contributed by atoms with Gasteiger partial charge in [0.15, 0.2) is 0 Å². The predicted octanol–water partition coefficient (Wildman–Crippen LogP) is 3.69. The summed E-state index contributed by atoms with van der Waals surface area (Å²) in [6.07, 6.45) is 0. The van der Waals surface area contributed by atoms with E-state index >= 15 is 0 Å². The molecule has 1 N–H and O–H groups in total. The van der Waals surface area contributed by atoms with E-state index in [-0.39, 0.29) is 5.91 Å². The molecule has 0 atom stereocenters. The summed E-state index contributed by atoms with van der Waals surface area (Å²) in [5.74, 6) is 0.936. The van der Waals surface area contributed by atoms with Crippen molar-refractivity contribution < 1.29 is 4.79 Å². The summed E-state index contributed by atoms with van der Waals surface area (Å²) >= 11 is 2.22. The molecule has 0 radical (unpaired) electrons. The fraction of sp³-hybridized carbons (Fsp3) is 0.222. The minimum absolute atomic E-state index is 0.0276. The maximum Gasteiger partial charge on any atom is 0.252 e. The lowest BCUT2D eigenvalue weighted by atomic mass is 10.1. The lowest BCUT2D eigenvalue weighted by Gasteiger charge is -2.10. The zero-order valence-corrected chi connectivity index (χ0v) is 15.3. The number of hydrogen-bond donors (Lipinski definition) is 1. The average molecular weight is 419 g/mol. The van der Waals surface area contributed by atoms with Gasteiger partial charge in [0.2, 0.25) is 0 Å². The van der Waals surface area contributed by atoms with Crippen molar-refractivity contribution in [3.8, 4) is 0 Å². The molecule has 0 saturated carbocycles. The molecule has 0 aliphatic heterocycles. The van der Waals surface area contributed by atoms with E-state index < -0.39 is 0 Å². The monoisotopic (exact) mass is 419 g/mol. The minimum atomic E-state index is -0.0276. The number of nitrogens with zero attached hydrogens (tertiary/aromatic N) is 2. The fourth-order valence-electron chi connectivity index (χ4n) is 2.68. The Labute approximate surface area is 149 Å². The van der Waals surface area contributed by atoms with Gasteiger partial charge >= 0.3 is 0 Å². The van der Waals surface area contributed by atoms with Crippen molar-refractivity contribution in [3.05, 3.63) is 63.0 Å². The van der Waals surface area contributed by atoms with Gasteiger partial charge in [-0.1, -0.05) is 24.3 Å². The number of fused-ring (bicyclic) bond motifs is 1. The molecule has 1 heterocycles. The molecule has 2 aromatic carbocycles.